The molecule has 2 aromatic carbocycles. The highest BCUT2D eigenvalue weighted by molar-refractivity contribution is 6.30. The van der Waals surface area contributed by atoms with Crippen molar-refractivity contribution in [3.8, 4) is 16.9 Å². The predicted molar refractivity (Wildman–Crippen MR) is 112 cm³/mol. The van der Waals surface area contributed by atoms with Gasteiger partial charge in [-0.1, -0.05) is 41.9 Å². The molecular weight excluding hydrogens is 388 g/mol. The summed E-state index contributed by atoms with van der Waals surface area (Å²) in [5, 5.41) is 5.32. The Labute approximate surface area is 174 Å². The molecule has 0 spiro atoms. The van der Waals surface area contributed by atoms with E-state index in [1.54, 1.807) is 33.5 Å². The molecule has 0 N–H and O–H groups in total. The second-order valence-electron chi connectivity index (χ2n) is 6.97. The highest BCUT2D eigenvalue weighted by Gasteiger charge is 2.27. The molecule has 2 amide bonds. The smallest absolute Gasteiger partial charge is 0.272 e. The zero-order valence-corrected chi connectivity index (χ0v) is 16.8. The third-order valence-electron chi connectivity index (χ3n) is 5.08. The van der Waals surface area contributed by atoms with Crippen LogP contribution in [0.3, 0.4) is 0 Å². The molecule has 1 aliphatic heterocycles. The minimum Gasteiger partial charge on any atom is -0.339 e. The molecule has 0 radical (unpaired) electrons. The SMILES string of the molecule is CC(=O)N1CCN(C(=O)c2cc(-c3ccccc3)nn2-c2ccc(Cl)cc2)CC1. The van der Waals surface area contributed by atoms with Gasteiger partial charge in [-0.15, -0.1) is 0 Å². The van der Waals surface area contributed by atoms with Crippen LogP contribution in [-0.4, -0.2) is 57.6 Å². The molecule has 148 valence electrons. The van der Waals surface area contributed by atoms with Gasteiger partial charge < -0.3 is 9.80 Å². The second kappa shape index (κ2) is 8.09. The Morgan fingerprint density at radius 2 is 1.52 bits per heavy atom. The van der Waals surface area contributed by atoms with Crippen LogP contribution in [0.25, 0.3) is 16.9 Å². The number of aromatic nitrogens is 2. The van der Waals surface area contributed by atoms with Crippen molar-refractivity contribution in [2.45, 2.75) is 6.92 Å². The molecule has 6 nitrogen and oxygen atoms in total. The van der Waals surface area contributed by atoms with Crippen LogP contribution in [0, 0.1) is 0 Å². The summed E-state index contributed by atoms with van der Waals surface area (Å²) in [5.41, 5.74) is 2.92. The van der Waals surface area contributed by atoms with Crippen molar-refractivity contribution in [1.82, 2.24) is 19.6 Å². The zero-order valence-electron chi connectivity index (χ0n) is 16.1. The van der Waals surface area contributed by atoms with Gasteiger partial charge in [0.1, 0.15) is 5.69 Å². The quantitative estimate of drug-likeness (QED) is 0.666. The van der Waals surface area contributed by atoms with E-state index in [1.165, 1.54) is 0 Å². The van der Waals surface area contributed by atoms with E-state index in [0.29, 0.717) is 36.9 Å². The molecule has 0 aliphatic carbocycles. The molecule has 1 aromatic heterocycles. The van der Waals surface area contributed by atoms with Crippen LogP contribution in [0.1, 0.15) is 17.4 Å². The lowest BCUT2D eigenvalue weighted by Crippen LogP contribution is -2.50. The van der Waals surface area contributed by atoms with Crippen LogP contribution in [0.4, 0.5) is 0 Å². The van der Waals surface area contributed by atoms with Gasteiger partial charge in [0.2, 0.25) is 5.91 Å². The van der Waals surface area contributed by atoms with E-state index < -0.39 is 0 Å². The number of carbonyl (C=O) groups excluding carboxylic acids is 2. The lowest BCUT2D eigenvalue weighted by atomic mass is 10.1. The number of carbonyl (C=O) groups is 2. The summed E-state index contributed by atoms with van der Waals surface area (Å²) in [7, 11) is 0. The number of hydrogen-bond acceptors (Lipinski definition) is 3. The van der Waals surface area contributed by atoms with E-state index >= 15 is 0 Å². The average Bonchev–Trinajstić information content (AvgIpc) is 3.20. The lowest BCUT2D eigenvalue weighted by Gasteiger charge is -2.34. The van der Waals surface area contributed by atoms with Gasteiger partial charge in [-0.2, -0.15) is 5.10 Å². The summed E-state index contributed by atoms with van der Waals surface area (Å²) in [6, 6.07) is 18.8. The molecular formula is C22H21ClN4O2. The van der Waals surface area contributed by atoms with Gasteiger partial charge in [0, 0.05) is 43.7 Å². The minimum absolute atomic E-state index is 0.0367. The molecule has 1 aliphatic rings. The topological polar surface area (TPSA) is 58.4 Å². The maximum Gasteiger partial charge on any atom is 0.272 e. The van der Waals surface area contributed by atoms with Gasteiger partial charge in [-0.05, 0) is 30.3 Å². The molecule has 0 saturated carbocycles. The normalized spacial score (nSPS) is 14.1. The number of hydrogen-bond donors (Lipinski definition) is 0. The fraction of sp³-hybridized carbons (Fsp3) is 0.227. The third kappa shape index (κ3) is 4.03. The van der Waals surface area contributed by atoms with Crippen molar-refractivity contribution in [2.75, 3.05) is 26.2 Å². The van der Waals surface area contributed by atoms with Crippen molar-refractivity contribution in [1.29, 1.82) is 0 Å². The number of piperazine rings is 1. The number of benzene rings is 2. The van der Waals surface area contributed by atoms with Crippen molar-refractivity contribution >= 4 is 23.4 Å². The van der Waals surface area contributed by atoms with E-state index in [-0.39, 0.29) is 11.8 Å². The van der Waals surface area contributed by atoms with E-state index in [4.69, 9.17) is 16.7 Å². The molecule has 1 fully saturated rings. The summed E-state index contributed by atoms with van der Waals surface area (Å²) < 4.78 is 1.67. The zero-order chi connectivity index (χ0) is 20.4. The maximum atomic E-state index is 13.3. The largest absolute Gasteiger partial charge is 0.339 e. The first kappa shape index (κ1) is 19.2. The first-order valence-corrected chi connectivity index (χ1v) is 9.87. The monoisotopic (exact) mass is 408 g/mol. The van der Waals surface area contributed by atoms with Crippen LogP contribution in [0.5, 0.6) is 0 Å². The lowest BCUT2D eigenvalue weighted by molar-refractivity contribution is -0.130. The first-order chi connectivity index (χ1) is 14.0. The fourth-order valence-corrected chi connectivity index (χ4v) is 3.57. The Morgan fingerprint density at radius 1 is 0.897 bits per heavy atom. The Balaban J connectivity index is 1.69. The first-order valence-electron chi connectivity index (χ1n) is 9.49. The summed E-state index contributed by atoms with van der Waals surface area (Å²) in [5.74, 6) is -0.0625. The Morgan fingerprint density at radius 3 is 2.14 bits per heavy atom. The molecule has 3 aromatic rings. The van der Waals surface area contributed by atoms with Crippen molar-refractivity contribution in [2.24, 2.45) is 0 Å². The van der Waals surface area contributed by atoms with Crippen molar-refractivity contribution in [3.63, 3.8) is 0 Å². The molecule has 0 bridgehead atoms. The Hall–Kier alpha value is -3.12. The number of rotatable bonds is 3. The summed E-state index contributed by atoms with van der Waals surface area (Å²) in [6.07, 6.45) is 0. The highest BCUT2D eigenvalue weighted by Crippen LogP contribution is 2.24. The van der Waals surface area contributed by atoms with Crippen LogP contribution in [0.15, 0.2) is 60.7 Å². The van der Waals surface area contributed by atoms with Crippen LogP contribution >= 0.6 is 11.6 Å². The average molecular weight is 409 g/mol. The van der Waals surface area contributed by atoms with Gasteiger partial charge in [-0.3, -0.25) is 9.59 Å². The molecule has 1 saturated heterocycles. The standard InChI is InChI=1S/C22H21ClN4O2/c1-16(28)25-11-13-26(14-12-25)22(29)21-15-20(17-5-3-2-4-6-17)24-27(21)19-9-7-18(23)8-10-19/h2-10,15H,11-14H2,1H3. The van der Waals surface area contributed by atoms with E-state index in [1.807, 2.05) is 48.5 Å². The molecule has 7 heteroatoms. The van der Waals surface area contributed by atoms with Crippen LogP contribution in [-0.2, 0) is 4.79 Å². The van der Waals surface area contributed by atoms with Gasteiger partial charge in [-0.25, -0.2) is 4.68 Å². The van der Waals surface area contributed by atoms with E-state index in [9.17, 15) is 9.59 Å². The van der Waals surface area contributed by atoms with Gasteiger partial charge in [0.15, 0.2) is 0 Å². The van der Waals surface area contributed by atoms with Crippen molar-refractivity contribution in [3.05, 3.63) is 71.4 Å². The fourth-order valence-electron chi connectivity index (χ4n) is 3.45. The highest BCUT2D eigenvalue weighted by atomic mass is 35.5. The molecule has 29 heavy (non-hydrogen) atoms. The number of nitrogens with zero attached hydrogens (tertiary/aromatic N) is 4. The van der Waals surface area contributed by atoms with E-state index in [2.05, 4.69) is 0 Å². The predicted octanol–water partition coefficient (Wildman–Crippen LogP) is 3.50. The van der Waals surface area contributed by atoms with Gasteiger partial charge in [0.25, 0.3) is 5.91 Å². The summed E-state index contributed by atoms with van der Waals surface area (Å²) in [4.78, 5) is 28.4. The molecule has 0 unspecified atom stereocenters. The number of halogens is 1. The van der Waals surface area contributed by atoms with Gasteiger partial charge in [0.05, 0.1) is 11.4 Å². The van der Waals surface area contributed by atoms with Crippen LogP contribution in [0.2, 0.25) is 5.02 Å². The van der Waals surface area contributed by atoms with Gasteiger partial charge >= 0.3 is 0 Å². The Kier molecular flexibility index (Phi) is 5.36. The van der Waals surface area contributed by atoms with Crippen LogP contribution < -0.4 is 0 Å². The van der Waals surface area contributed by atoms with E-state index in [0.717, 1.165) is 16.9 Å². The minimum atomic E-state index is -0.0992. The van der Waals surface area contributed by atoms with Crippen molar-refractivity contribution < 1.29 is 9.59 Å². The summed E-state index contributed by atoms with van der Waals surface area (Å²) >= 11 is 6.03. The third-order valence-corrected chi connectivity index (χ3v) is 5.33. The maximum absolute atomic E-state index is 13.3. The summed E-state index contributed by atoms with van der Waals surface area (Å²) in [6.45, 7) is 3.65. The molecule has 0 atom stereocenters. The molecule has 4 rings (SSSR count). The Bertz CT molecular complexity index is 1020. The second-order valence-corrected chi connectivity index (χ2v) is 7.40. The number of amides is 2. The molecule has 2 heterocycles.